The predicted octanol–water partition coefficient (Wildman–Crippen LogP) is 1.14. The Kier molecular flexibility index (Phi) is 4.73. The summed E-state index contributed by atoms with van der Waals surface area (Å²) in [6.45, 7) is 0.905. The zero-order chi connectivity index (χ0) is 20.8. The standard InChI is InChI=1S/C20H21F2N5O3/c21-12-3-11(4-13(22)5-12)18(28)24-14-6-16-19(29)23-8-15(27(16)9-14)7-17-25-26-20(30-17)10-1-2-10/h3-5,10,14-16H,1-2,6-9H2,(H,23,29)(H,24,28)/t14-,15+,16-/m0/s1. The summed E-state index contributed by atoms with van der Waals surface area (Å²) in [4.78, 5) is 26.8. The van der Waals surface area contributed by atoms with Gasteiger partial charge in [-0.3, -0.25) is 14.5 Å². The fourth-order valence-electron chi connectivity index (χ4n) is 4.27. The van der Waals surface area contributed by atoms with E-state index < -0.39 is 17.5 Å². The van der Waals surface area contributed by atoms with Gasteiger partial charge in [0.05, 0.1) is 6.04 Å². The summed E-state index contributed by atoms with van der Waals surface area (Å²) in [5, 5.41) is 13.9. The SMILES string of the molecule is O=C(N[C@H]1C[C@H]2C(=O)NC[C@@H](Cc3nnc(C4CC4)o3)N2C1)c1cc(F)cc(F)c1. The number of halogens is 2. The number of hydrogen-bond acceptors (Lipinski definition) is 6. The van der Waals surface area contributed by atoms with Gasteiger partial charge in [-0.05, 0) is 31.4 Å². The van der Waals surface area contributed by atoms with E-state index >= 15 is 0 Å². The zero-order valence-corrected chi connectivity index (χ0v) is 16.1. The summed E-state index contributed by atoms with van der Waals surface area (Å²) < 4.78 is 32.6. The van der Waals surface area contributed by atoms with Crippen LogP contribution in [-0.2, 0) is 11.2 Å². The molecule has 0 bridgehead atoms. The molecule has 158 valence electrons. The minimum atomic E-state index is -0.812. The molecule has 1 aromatic heterocycles. The lowest BCUT2D eigenvalue weighted by atomic mass is 10.1. The quantitative estimate of drug-likeness (QED) is 0.757. The molecule has 1 aliphatic carbocycles. The second kappa shape index (κ2) is 7.42. The molecule has 3 fully saturated rings. The van der Waals surface area contributed by atoms with E-state index in [-0.39, 0.29) is 29.6 Å². The summed E-state index contributed by atoms with van der Waals surface area (Å²) in [5.41, 5.74) is -0.0863. The van der Waals surface area contributed by atoms with Gasteiger partial charge in [-0.15, -0.1) is 10.2 Å². The third-order valence-electron chi connectivity index (χ3n) is 5.90. The molecule has 2 aliphatic heterocycles. The number of piperazine rings is 1. The average molecular weight is 417 g/mol. The lowest BCUT2D eigenvalue weighted by Gasteiger charge is -2.36. The van der Waals surface area contributed by atoms with E-state index in [0.29, 0.717) is 49.7 Å². The number of hydrogen-bond donors (Lipinski definition) is 2. The molecular formula is C20H21F2N5O3. The molecule has 2 N–H and O–H groups in total. The van der Waals surface area contributed by atoms with Gasteiger partial charge in [-0.2, -0.15) is 0 Å². The van der Waals surface area contributed by atoms with Gasteiger partial charge >= 0.3 is 0 Å². The Morgan fingerprint density at radius 2 is 2.00 bits per heavy atom. The molecule has 30 heavy (non-hydrogen) atoms. The maximum atomic E-state index is 13.4. The average Bonchev–Trinajstić information content (AvgIpc) is 3.29. The Labute approximate surface area is 171 Å². The molecule has 0 unspecified atom stereocenters. The highest BCUT2D eigenvalue weighted by molar-refractivity contribution is 5.94. The van der Waals surface area contributed by atoms with E-state index in [1.165, 1.54) is 0 Å². The van der Waals surface area contributed by atoms with Crippen molar-refractivity contribution in [1.82, 2.24) is 25.7 Å². The fourth-order valence-corrected chi connectivity index (χ4v) is 4.27. The molecule has 10 heteroatoms. The summed E-state index contributed by atoms with van der Waals surface area (Å²) in [6, 6.07) is 1.96. The van der Waals surface area contributed by atoms with Crippen LogP contribution in [0.5, 0.6) is 0 Å². The van der Waals surface area contributed by atoms with Crippen molar-refractivity contribution in [3.8, 4) is 0 Å². The number of aromatic nitrogens is 2. The molecule has 0 spiro atoms. The van der Waals surface area contributed by atoms with Crippen molar-refractivity contribution < 1.29 is 22.8 Å². The van der Waals surface area contributed by atoms with Crippen LogP contribution in [0, 0.1) is 11.6 Å². The number of rotatable bonds is 5. The third-order valence-corrected chi connectivity index (χ3v) is 5.90. The van der Waals surface area contributed by atoms with Gasteiger partial charge < -0.3 is 15.1 Å². The summed E-state index contributed by atoms with van der Waals surface area (Å²) in [5.74, 6) is -0.689. The molecule has 3 atom stereocenters. The maximum Gasteiger partial charge on any atom is 0.251 e. The van der Waals surface area contributed by atoms with Crippen molar-refractivity contribution in [2.45, 2.75) is 49.7 Å². The van der Waals surface area contributed by atoms with E-state index in [4.69, 9.17) is 4.42 Å². The highest BCUT2D eigenvalue weighted by Gasteiger charge is 2.44. The highest BCUT2D eigenvalue weighted by Crippen LogP contribution is 2.39. The lowest BCUT2D eigenvalue weighted by Crippen LogP contribution is -2.58. The minimum Gasteiger partial charge on any atom is -0.425 e. The molecule has 1 aromatic carbocycles. The van der Waals surface area contributed by atoms with Crippen LogP contribution in [-0.4, -0.2) is 58.1 Å². The van der Waals surface area contributed by atoms with Gasteiger partial charge in [-0.25, -0.2) is 8.78 Å². The van der Waals surface area contributed by atoms with Crippen LogP contribution in [0.3, 0.4) is 0 Å². The van der Waals surface area contributed by atoms with Gasteiger partial charge in [0, 0.05) is 49.1 Å². The molecule has 2 saturated heterocycles. The van der Waals surface area contributed by atoms with Crippen LogP contribution >= 0.6 is 0 Å². The molecule has 1 saturated carbocycles. The molecule has 5 rings (SSSR count). The van der Waals surface area contributed by atoms with E-state index in [1.54, 1.807) is 0 Å². The van der Waals surface area contributed by atoms with Crippen LogP contribution in [0.25, 0.3) is 0 Å². The Bertz CT molecular complexity index is 972. The largest absolute Gasteiger partial charge is 0.425 e. The van der Waals surface area contributed by atoms with Gasteiger partial charge in [0.1, 0.15) is 11.6 Å². The van der Waals surface area contributed by atoms with E-state index in [9.17, 15) is 18.4 Å². The first-order chi connectivity index (χ1) is 14.5. The van der Waals surface area contributed by atoms with Crippen molar-refractivity contribution in [3.05, 3.63) is 47.2 Å². The van der Waals surface area contributed by atoms with Crippen molar-refractivity contribution in [1.29, 1.82) is 0 Å². The second-order valence-corrected chi connectivity index (χ2v) is 8.19. The van der Waals surface area contributed by atoms with Crippen LogP contribution in [0.1, 0.15) is 47.3 Å². The van der Waals surface area contributed by atoms with Gasteiger partial charge in [0.15, 0.2) is 0 Å². The van der Waals surface area contributed by atoms with Gasteiger partial charge in [0.25, 0.3) is 5.91 Å². The second-order valence-electron chi connectivity index (χ2n) is 8.19. The molecular weight excluding hydrogens is 396 g/mol. The molecule has 0 radical (unpaired) electrons. The number of carbonyl (C=O) groups excluding carboxylic acids is 2. The van der Waals surface area contributed by atoms with Crippen molar-refractivity contribution in [2.24, 2.45) is 0 Å². The van der Waals surface area contributed by atoms with E-state index in [0.717, 1.165) is 25.0 Å². The molecule has 3 heterocycles. The Hall–Kier alpha value is -2.88. The Morgan fingerprint density at radius 3 is 2.73 bits per heavy atom. The number of nitrogens with zero attached hydrogens (tertiary/aromatic N) is 3. The monoisotopic (exact) mass is 417 g/mol. The third kappa shape index (κ3) is 3.79. The molecule has 8 nitrogen and oxygen atoms in total. The molecule has 3 aliphatic rings. The van der Waals surface area contributed by atoms with Gasteiger partial charge in [0.2, 0.25) is 17.7 Å². The maximum absolute atomic E-state index is 13.4. The van der Waals surface area contributed by atoms with E-state index in [1.807, 2.05) is 4.90 Å². The summed E-state index contributed by atoms with van der Waals surface area (Å²) in [7, 11) is 0. The van der Waals surface area contributed by atoms with Crippen molar-refractivity contribution in [2.75, 3.05) is 13.1 Å². The molecule has 2 amide bonds. The zero-order valence-electron chi connectivity index (χ0n) is 16.1. The smallest absolute Gasteiger partial charge is 0.251 e. The number of carbonyl (C=O) groups is 2. The topological polar surface area (TPSA) is 100 Å². The number of amides is 2. The number of benzene rings is 1. The number of nitrogens with one attached hydrogen (secondary N) is 2. The van der Waals surface area contributed by atoms with Gasteiger partial charge in [-0.1, -0.05) is 0 Å². The van der Waals surface area contributed by atoms with Crippen molar-refractivity contribution in [3.63, 3.8) is 0 Å². The molecule has 2 aromatic rings. The first-order valence-electron chi connectivity index (χ1n) is 10.1. The minimum absolute atomic E-state index is 0.0336. The number of fused-ring (bicyclic) bond motifs is 1. The van der Waals surface area contributed by atoms with Crippen LogP contribution in [0.4, 0.5) is 8.78 Å². The van der Waals surface area contributed by atoms with Crippen LogP contribution in [0.15, 0.2) is 22.6 Å². The van der Waals surface area contributed by atoms with Crippen molar-refractivity contribution >= 4 is 11.8 Å². The highest BCUT2D eigenvalue weighted by atomic mass is 19.1. The van der Waals surface area contributed by atoms with Crippen LogP contribution in [0.2, 0.25) is 0 Å². The lowest BCUT2D eigenvalue weighted by molar-refractivity contribution is -0.129. The van der Waals surface area contributed by atoms with E-state index in [2.05, 4.69) is 20.8 Å². The first-order valence-corrected chi connectivity index (χ1v) is 10.1. The Morgan fingerprint density at radius 1 is 1.23 bits per heavy atom. The van der Waals surface area contributed by atoms with Crippen LogP contribution < -0.4 is 10.6 Å². The summed E-state index contributed by atoms with van der Waals surface area (Å²) in [6.07, 6.45) is 3.08. The predicted molar refractivity (Wildman–Crippen MR) is 99.5 cm³/mol. The normalized spacial score (nSPS) is 26.3. The Balaban J connectivity index is 1.26. The summed E-state index contributed by atoms with van der Waals surface area (Å²) >= 11 is 0. The first kappa shape index (κ1) is 19.1. The fraction of sp³-hybridized carbons (Fsp3) is 0.500.